The van der Waals surface area contributed by atoms with Crippen molar-refractivity contribution >= 4 is 11.9 Å². The number of halogens is 1. The van der Waals surface area contributed by atoms with Crippen molar-refractivity contribution in [2.45, 2.75) is 18.9 Å². The molecule has 0 spiro atoms. The van der Waals surface area contributed by atoms with Crippen LogP contribution in [0, 0.1) is 5.82 Å². The Morgan fingerprint density at radius 3 is 2.23 bits per heavy atom. The molecule has 0 aromatic heterocycles. The van der Waals surface area contributed by atoms with Gasteiger partial charge in [0, 0.05) is 6.42 Å². The second kappa shape index (κ2) is 10.9. The first-order chi connectivity index (χ1) is 15.1. The fourth-order valence-electron chi connectivity index (χ4n) is 3.16. The summed E-state index contributed by atoms with van der Waals surface area (Å²) in [4.78, 5) is 24.5. The van der Waals surface area contributed by atoms with Crippen LogP contribution < -0.4 is 10.1 Å². The summed E-state index contributed by atoms with van der Waals surface area (Å²) >= 11 is 0. The minimum absolute atomic E-state index is 0.00515. The zero-order valence-corrected chi connectivity index (χ0v) is 17.2. The van der Waals surface area contributed by atoms with E-state index < -0.39 is 24.5 Å². The summed E-state index contributed by atoms with van der Waals surface area (Å²) in [6.07, 6.45) is 0.209. The van der Waals surface area contributed by atoms with E-state index in [-0.39, 0.29) is 18.7 Å². The summed E-state index contributed by atoms with van der Waals surface area (Å²) in [7, 11) is 1.59. The normalized spacial score (nSPS) is 11.4. The zero-order valence-electron chi connectivity index (χ0n) is 17.2. The monoisotopic (exact) mass is 421 g/mol. The highest BCUT2D eigenvalue weighted by Gasteiger charge is 2.18. The van der Waals surface area contributed by atoms with E-state index in [4.69, 9.17) is 9.47 Å². The van der Waals surface area contributed by atoms with E-state index in [0.717, 1.165) is 11.1 Å². The quantitative estimate of drug-likeness (QED) is 0.526. The van der Waals surface area contributed by atoms with Gasteiger partial charge in [-0.05, 0) is 41.3 Å². The summed E-state index contributed by atoms with van der Waals surface area (Å²) in [5.41, 5.74) is 2.20. The third kappa shape index (κ3) is 6.40. The number of benzene rings is 3. The Morgan fingerprint density at radius 2 is 1.55 bits per heavy atom. The second-order valence-corrected chi connectivity index (χ2v) is 6.94. The molecule has 31 heavy (non-hydrogen) atoms. The van der Waals surface area contributed by atoms with E-state index in [0.29, 0.717) is 11.3 Å². The number of esters is 1. The van der Waals surface area contributed by atoms with Crippen molar-refractivity contribution in [2.24, 2.45) is 0 Å². The molecule has 5 nitrogen and oxygen atoms in total. The fourth-order valence-corrected chi connectivity index (χ4v) is 3.16. The van der Waals surface area contributed by atoms with Crippen LogP contribution in [-0.2, 0) is 20.7 Å². The van der Waals surface area contributed by atoms with Crippen LogP contribution in [0.2, 0.25) is 0 Å². The molecule has 1 amide bonds. The first kappa shape index (κ1) is 22.0. The van der Waals surface area contributed by atoms with E-state index in [1.54, 1.807) is 25.3 Å². The average Bonchev–Trinajstić information content (AvgIpc) is 2.81. The van der Waals surface area contributed by atoms with Crippen LogP contribution in [0.4, 0.5) is 4.39 Å². The molecule has 0 aliphatic carbocycles. The number of rotatable bonds is 9. The van der Waals surface area contributed by atoms with E-state index in [9.17, 15) is 14.0 Å². The number of methoxy groups -OCH3 is 1. The number of carbonyl (C=O) groups is 2. The van der Waals surface area contributed by atoms with Crippen LogP contribution in [0.15, 0.2) is 78.9 Å². The van der Waals surface area contributed by atoms with Crippen molar-refractivity contribution in [3.63, 3.8) is 0 Å². The Balaban J connectivity index is 1.58. The smallest absolute Gasteiger partial charge is 0.306 e. The molecule has 1 N–H and O–H groups in total. The molecule has 0 radical (unpaired) electrons. The molecule has 0 aliphatic rings. The van der Waals surface area contributed by atoms with Gasteiger partial charge >= 0.3 is 5.97 Å². The van der Waals surface area contributed by atoms with Crippen LogP contribution in [0.5, 0.6) is 5.75 Å². The van der Waals surface area contributed by atoms with Crippen LogP contribution >= 0.6 is 0 Å². The molecule has 0 saturated carbocycles. The minimum Gasteiger partial charge on any atom is -0.497 e. The summed E-state index contributed by atoms with van der Waals surface area (Å²) in [5.74, 6) is -0.632. The van der Waals surface area contributed by atoms with Gasteiger partial charge in [0.05, 0.1) is 13.2 Å². The summed E-state index contributed by atoms with van der Waals surface area (Å²) in [6.45, 7) is -0.407. The molecule has 3 rings (SSSR count). The lowest BCUT2D eigenvalue weighted by atomic mass is 9.98. The van der Waals surface area contributed by atoms with Gasteiger partial charge in [-0.1, -0.05) is 60.7 Å². The van der Waals surface area contributed by atoms with E-state index in [2.05, 4.69) is 5.32 Å². The Morgan fingerprint density at radius 1 is 0.903 bits per heavy atom. The van der Waals surface area contributed by atoms with Gasteiger partial charge in [-0.3, -0.25) is 9.59 Å². The number of hydrogen-bond acceptors (Lipinski definition) is 4. The number of amides is 1. The number of ether oxygens (including phenoxy) is 2. The SMILES string of the molecule is COc1ccc([C@H](NC(=O)COC(=O)CCc2ccccc2F)c2ccccc2)cc1. The highest BCUT2D eigenvalue weighted by Crippen LogP contribution is 2.24. The lowest BCUT2D eigenvalue weighted by molar-refractivity contribution is -0.148. The van der Waals surface area contributed by atoms with Crippen molar-refractivity contribution in [3.8, 4) is 5.75 Å². The maximum absolute atomic E-state index is 13.6. The van der Waals surface area contributed by atoms with E-state index >= 15 is 0 Å². The van der Waals surface area contributed by atoms with Crippen molar-refractivity contribution < 1.29 is 23.5 Å². The van der Waals surface area contributed by atoms with Gasteiger partial charge in [0.2, 0.25) is 0 Å². The maximum Gasteiger partial charge on any atom is 0.306 e. The Kier molecular flexibility index (Phi) is 7.76. The molecule has 160 valence electrons. The first-order valence-electron chi connectivity index (χ1n) is 9.94. The van der Waals surface area contributed by atoms with Crippen LogP contribution in [0.3, 0.4) is 0 Å². The van der Waals surface area contributed by atoms with Gasteiger partial charge in [-0.2, -0.15) is 0 Å². The molecular formula is C25H24FNO4. The molecule has 0 saturated heterocycles. The standard InChI is InChI=1S/C25H24FNO4/c1-30-21-14-11-20(12-15-21)25(19-8-3-2-4-9-19)27-23(28)17-31-24(29)16-13-18-7-5-6-10-22(18)26/h2-12,14-15,25H,13,16-17H2,1H3,(H,27,28)/t25-/m1/s1. The predicted octanol–water partition coefficient (Wildman–Crippen LogP) is 4.22. The predicted molar refractivity (Wildman–Crippen MR) is 115 cm³/mol. The first-order valence-corrected chi connectivity index (χ1v) is 9.94. The Bertz CT molecular complexity index is 1010. The summed E-state index contributed by atoms with van der Waals surface area (Å²) in [6, 6.07) is 22.7. The van der Waals surface area contributed by atoms with Crippen molar-refractivity contribution in [3.05, 3.63) is 101 Å². The third-order valence-electron chi connectivity index (χ3n) is 4.81. The van der Waals surface area contributed by atoms with Gasteiger partial charge in [-0.15, -0.1) is 0 Å². The Labute approximate surface area is 180 Å². The summed E-state index contributed by atoms with van der Waals surface area (Å²) in [5, 5.41) is 2.91. The highest BCUT2D eigenvalue weighted by atomic mass is 19.1. The lowest BCUT2D eigenvalue weighted by Gasteiger charge is -2.20. The van der Waals surface area contributed by atoms with Gasteiger partial charge in [0.1, 0.15) is 11.6 Å². The third-order valence-corrected chi connectivity index (χ3v) is 4.81. The number of hydrogen-bond donors (Lipinski definition) is 1. The second-order valence-electron chi connectivity index (χ2n) is 6.94. The molecule has 0 fully saturated rings. The molecule has 0 heterocycles. The van der Waals surface area contributed by atoms with Gasteiger partial charge < -0.3 is 14.8 Å². The summed E-state index contributed by atoms with van der Waals surface area (Å²) < 4.78 is 23.9. The highest BCUT2D eigenvalue weighted by molar-refractivity contribution is 5.81. The van der Waals surface area contributed by atoms with Crippen LogP contribution in [-0.4, -0.2) is 25.6 Å². The molecular weight excluding hydrogens is 397 g/mol. The van der Waals surface area contributed by atoms with Crippen molar-refractivity contribution in [1.29, 1.82) is 0 Å². The van der Waals surface area contributed by atoms with Gasteiger partial charge in [0.25, 0.3) is 5.91 Å². The lowest BCUT2D eigenvalue weighted by Crippen LogP contribution is -2.33. The van der Waals surface area contributed by atoms with Crippen molar-refractivity contribution in [2.75, 3.05) is 13.7 Å². The molecule has 3 aromatic rings. The molecule has 6 heteroatoms. The largest absolute Gasteiger partial charge is 0.497 e. The molecule has 0 aliphatic heterocycles. The topological polar surface area (TPSA) is 64.6 Å². The van der Waals surface area contributed by atoms with Gasteiger partial charge in [0.15, 0.2) is 6.61 Å². The molecule has 0 unspecified atom stereocenters. The van der Waals surface area contributed by atoms with E-state index in [1.165, 1.54) is 6.07 Å². The van der Waals surface area contributed by atoms with E-state index in [1.807, 2.05) is 54.6 Å². The maximum atomic E-state index is 13.6. The number of carbonyl (C=O) groups excluding carboxylic acids is 2. The number of nitrogens with one attached hydrogen (secondary N) is 1. The Hall–Kier alpha value is -3.67. The van der Waals surface area contributed by atoms with Gasteiger partial charge in [-0.25, -0.2) is 4.39 Å². The van der Waals surface area contributed by atoms with Crippen LogP contribution in [0.1, 0.15) is 29.2 Å². The van der Waals surface area contributed by atoms with Crippen molar-refractivity contribution in [1.82, 2.24) is 5.32 Å². The fraction of sp³-hybridized carbons (Fsp3) is 0.200. The molecule has 3 aromatic carbocycles. The molecule has 1 atom stereocenters. The molecule has 0 bridgehead atoms. The average molecular weight is 421 g/mol. The van der Waals surface area contributed by atoms with Crippen LogP contribution in [0.25, 0.3) is 0 Å². The number of aryl methyl sites for hydroxylation is 1. The zero-order chi connectivity index (χ0) is 22.1. The minimum atomic E-state index is -0.556.